The second-order valence-electron chi connectivity index (χ2n) is 3.02. The summed E-state index contributed by atoms with van der Waals surface area (Å²) in [7, 11) is 0. The van der Waals surface area contributed by atoms with E-state index in [1.807, 2.05) is 0 Å². The van der Waals surface area contributed by atoms with Crippen LogP contribution in [0.25, 0.3) is 0 Å². The van der Waals surface area contributed by atoms with Crippen molar-refractivity contribution in [1.29, 1.82) is 0 Å². The maximum absolute atomic E-state index is 8.96. The first-order valence-corrected chi connectivity index (χ1v) is 4.32. The van der Waals surface area contributed by atoms with E-state index in [9.17, 15) is 0 Å². The third-order valence-corrected chi connectivity index (χ3v) is 2.17. The Hall–Kier alpha value is -0.560. The predicted molar refractivity (Wildman–Crippen MR) is 47.3 cm³/mol. The second kappa shape index (κ2) is 4.35. The summed E-state index contributed by atoms with van der Waals surface area (Å²) in [6.07, 6.45) is 10.8. The van der Waals surface area contributed by atoms with E-state index in [0.29, 0.717) is 18.4 Å². The van der Waals surface area contributed by atoms with Crippen LogP contribution in [-0.2, 0) is 0 Å². The highest BCUT2D eigenvalue weighted by molar-refractivity contribution is 5.09. The second-order valence-corrected chi connectivity index (χ2v) is 3.02. The molecule has 0 spiro atoms. The molecule has 0 heterocycles. The van der Waals surface area contributed by atoms with Crippen molar-refractivity contribution in [2.24, 2.45) is 11.8 Å². The molecule has 0 aromatic rings. The molecule has 1 N–H and O–H groups in total. The van der Waals surface area contributed by atoms with E-state index >= 15 is 0 Å². The molecule has 0 radical (unpaired) electrons. The Labute approximate surface area is 68.4 Å². The number of hydrogen-bond donors (Lipinski definition) is 1. The Morgan fingerprint density at radius 1 is 1.64 bits per heavy atom. The fourth-order valence-electron chi connectivity index (χ4n) is 1.44. The lowest BCUT2D eigenvalue weighted by atomic mass is 9.96. The van der Waals surface area contributed by atoms with E-state index in [-0.39, 0.29) is 0 Å². The average molecular weight is 152 g/mol. The molecule has 1 nitrogen and oxygen atoms in total. The molecular weight excluding hydrogens is 136 g/mol. The maximum atomic E-state index is 8.96. The molecule has 2 atom stereocenters. The molecule has 62 valence electrons. The molecule has 0 saturated carbocycles. The highest BCUT2D eigenvalue weighted by Gasteiger charge is 2.18. The van der Waals surface area contributed by atoms with Crippen molar-refractivity contribution in [3.63, 3.8) is 0 Å². The fraction of sp³-hybridized carbons (Fsp3) is 0.600. The van der Waals surface area contributed by atoms with E-state index in [2.05, 4.69) is 31.2 Å². The van der Waals surface area contributed by atoms with Crippen LogP contribution in [0.1, 0.15) is 19.8 Å². The molecular formula is C10H16O. The van der Waals surface area contributed by atoms with Gasteiger partial charge in [0.05, 0.1) is 0 Å². The van der Waals surface area contributed by atoms with Gasteiger partial charge in [-0.15, -0.1) is 0 Å². The van der Waals surface area contributed by atoms with Gasteiger partial charge in [-0.2, -0.15) is 0 Å². The Bertz CT molecular complexity index is 158. The SMILES string of the molecule is CC/C=C/[C@H]1C=CC[C@H]1CO. The van der Waals surface area contributed by atoms with Crippen LogP contribution in [0.5, 0.6) is 0 Å². The van der Waals surface area contributed by atoms with Gasteiger partial charge in [0.1, 0.15) is 0 Å². The Balaban J connectivity index is 2.43. The zero-order valence-electron chi connectivity index (χ0n) is 7.03. The minimum atomic E-state index is 0.311. The summed E-state index contributed by atoms with van der Waals surface area (Å²) < 4.78 is 0. The number of rotatable bonds is 3. The fourth-order valence-corrected chi connectivity index (χ4v) is 1.44. The van der Waals surface area contributed by atoms with Crippen LogP contribution in [0.15, 0.2) is 24.3 Å². The van der Waals surface area contributed by atoms with Gasteiger partial charge in [-0.05, 0) is 24.7 Å². The van der Waals surface area contributed by atoms with E-state index < -0.39 is 0 Å². The molecule has 1 aliphatic rings. The van der Waals surface area contributed by atoms with Crippen LogP contribution in [0.3, 0.4) is 0 Å². The van der Waals surface area contributed by atoms with E-state index in [1.165, 1.54) is 0 Å². The van der Waals surface area contributed by atoms with Crippen LogP contribution >= 0.6 is 0 Å². The van der Waals surface area contributed by atoms with Crippen molar-refractivity contribution >= 4 is 0 Å². The van der Waals surface area contributed by atoms with Gasteiger partial charge in [0.25, 0.3) is 0 Å². The van der Waals surface area contributed by atoms with Crippen molar-refractivity contribution in [3.8, 4) is 0 Å². The molecule has 0 amide bonds. The number of aliphatic hydroxyl groups excluding tert-OH is 1. The number of aliphatic hydroxyl groups is 1. The quantitative estimate of drug-likeness (QED) is 0.614. The van der Waals surface area contributed by atoms with Gasteiger partial charge in [0, 0.05) is 6.61 Å². The van der Waals surface area contributed by atoms with Crippen LogP contribution in [0.2, 0.25) is 0 Å². The van der Waals surface area contributed by atoms with Crippen molar-refractivity contribution in [2.45, 2.75) is 19.8 Å². The van der Waals surface area contributed by atoms with Crippen molar-refractivity contribution in [3.05, 3.63) is 24.3 Å². The highest BCUT2D eigenvalue weighted by atomic mass is 16.3. The lowest BCUT2D eigenvalue weighted by Gasteiger charge is -2.11. The van der Waals surface area contributed by atoms with E-state index in [4.69, 9.17) is 5.11 Å². The average Bonchev–Trinajstić information content (AvgIpc) is 2.47. The summed E-state index contributed by atoms with van der Waals surface area (Å²) >= 11 is 0. The Morgan fingerprint density at radius 2 is 2.45 bits per heavy atom. The number of allylic oxidation sites excluding steroid dienone is 4. The zero-order chi connectivity index (χ0) is 8.10. The summed E-state index contributed by atoms with van der Waals surface area (Å²) in [5.41, 5.74) is 0. The lowest BCUT2D eigenvalue weighted by molar-refractivity contribution is 0.216. The molecule has 0 saturated heterocycles. The van der Waals surface area contributed by atoms with Gasteiger partial charge in [-0.25, -0.2) is 0 Å². The molecule has 1 rings (SSSR count). The Morgan fingerprint density at radius 3 is 3.09 bits per heavy atom. The molecule has 0 aromatic carbocycles. The molecule has 1 heteroatoms. The van der Waals surface area contributed by atoms with Crippen LogP contribution in [0.4, 0.5) is 0 Å². The topological polar surface area (TPSA) is 20.2 Å². The molecule has 11 heavy (non-hydrogen) atoms. The summed E-state index contributed by atoms with van der Waals surface area (Å²) in [4.78, 5) is 0. The van der Waals surface area contributed by atoms with Crippen molar-refractivity contribution < 1.29 is 5.11 Å². The summed E-state index contributed by atoms with van der Waals surface area (Å²) in [6, 6.07) is 0. The standard InChI is InChI=1S/C10H16O/c1-2-3-5-9-6-4-7-10(9)8-11/h3-6,9-11H,2,7-8H2,1H3/b5-3+/t9-,10-/m0/s1. The summed E-state index contributed by atoms with van der Waals surface area (Å²) in [5.74, 6) is 0.928. The largest absolute Gasteiger partial charge is 0.396 e. The normalized spacial score (nSPS) is 30.4. The first-order valence-electron chi connectivity index (χ1n) is 4.32. The molecule has 0 fully saturated rings. The number of hydrogen-bond acceptors (Lipinski definition) is 1. The predicted octanol–water partition coefficient (Wildman–Crippen LogP) is 2.14. The van der Waals surface area contributed by atoms with Crippen LogP contribution in [-0.4, -0.2) is 11.7 Å². The summed E-state index contributed by atoms with van der Waals surface area (Å²) in [5, 5.41) is 8.96. The maximum Gasteiger partial charge on any atom is 0.0470 e. The van der Waals surface area contributed by atoms with Gasteiger partial charge < -0.3 is 5.11 Å². The van der Waals surface area contributed by atoms with Crippen molar-refractivity contribution in [2.75, 3.05) is 6.61 Å². The van der Waals surface area contributed by atoms with Gasteiger partial charge >= 0.3 is 0 Å². The lowest BCUT2D eigenvalue weighted by Crippen LogP contribution is -2.09. The first kappa shape index (κ1) is 8.54. The highest BCUT2D eigenvalue weighted by Crippen LogP contribution is 2.25. The van der Waals surface area contributed by atoms with Crippen LogP contribution < -0.4 is 0 Å². The Kier molecular flexibility index (Phi) is 3.37. The van der Waals surface area contributed by atoms with Gasteiger partial charge in [0.15, 0.2) is 0 Å². The monoisotopic (exact) mass is 152 g/mol. The first-order chi connectivity index (χ1) is 5.38. The van der Waals surface area contributed by atoms with Crippen molar-refractivity contribution in [1.82, 2.24) is 0 Å². The van der Waals surface area contributed by atoms with Crippen LogP contribution in [0, 0.1) is 11.8 Å². The third kappa shape index (κ3) is 2.19. The third-order valence-electron chi connectivity index (χ3n) is 2.17. The molecule has 0 bridgehead atoms. The van der Waals surface area contributed by atoms with E-state index in [1.54, 1.807) is 0 Å². The zero-order valence-corrected chi connectivity index (χ0v) is 7.03. The molecule has 0 aliphatic heterocycles. The van der Waals surface area contributed by atoms with Gasteiger partial charge in [0.2, 0.25) is 0 Å². The molecule has 0 aromatic heterocycles. The smallest absolute Gasteiger partial charge is 0.0470 e. The molecule has 0 unspecified atom stereocenters. The van der Waals surface area contributed by atoms with Gasteiger partial charge in [-0.3, -0.25) is 0 Å². The van der Waals surface area contributed by atoms with E-state index in [0.717, 1.165) is 12.8 Å². The van der Waals surface area contributed by atoms with Gasteiger partial charge in [-0.1, -0.05) is 31.2 Å². The summed E-state index contributed by atoms with van der Waals surface area (Å²) in [6.45, 7) is 2.44. The molecule has 1 aliphatic carbocycles. The minimum absolute atomic E-state index is 0.311. The minimum Gasteiger partial charge on any atom is -0.396 e.